The summed E-state index contributed by atoms with van der Waals surface area (Å²) in [7, 11) is 0. The van der Waals surface area contributed by atoms with Crippen molar-refractivity contribution in [3.05, 3.63) is 21.9 Å². The van der Waals surface area contributed by atoms with Gasteiger partial charge in [0.05, 0.1) is 4.88 Å². The number of rotatable bonds is 7. The van der Waals surface area contributed by atoms with E-state index in [1.807, 2.05) is 19.1 Å². The molecule has 96 valence electrons. The van der Waals surface area contributed by atoms with E-state index in [4.69, 9.17) is 11.6 Å². The van der Waals surface area contributed by atoms with Crippen LogP contribution < -0.4 is 5.32 Å². The van der Waals surface area contributed by atoms with Crippen LogP contribution in [0.5, 0.6) is 0 Å². The van der Waals surface area contributed by atoms with Crippen LogP contribution in [0.4, 0.5) is 0 Å². The zero-order chi connectivity index (χ0) is 12.7. The van der Waals surface area contributed by atoms with Crippen LogP contribution in [0.25, 0.3) is 0 Å². The highest BCUT2D eigenvalue weighted by Gasteiger charge is 2.11. The molecule has 0 saturated heterocycles. The maximum absolute atomic E-state index is 11.8. The summed E-state index contributed by atoms with van der Waals surface area (Å²) in [6.45, 7) is 4.90. The number of aryl methyl sites for hydroxylation is 1. The zero-order valence-corrected chi connectivity index (χ0v) is 12.0. The molecule has 1 atom stereocenters. The maximum Gasteiger partial charge on any atom is 0.261 e. The number of halogens is 1. The lowest BCUT2D eigenvalue weighted by molar-refractivity contribution is 0.0950. The summed E-state index contributed by atoms with van der Waals surface area (Å²) in [6, 6.07) is 3.85. The lowest BCUT2D eigenvalue weighted by atomic mass is 10.0. The summed E-state index contributed by atoms with van der Waals surface area (Å²) in [5.41, 5.74) is 0. The van der Waals surface area contributed by atoms with E-state index in [2.05, 4.69) is 12.2 Å². The van der Waals surface area contributed by atoms with Crippen molar-refractivity contribution >= 4 is 28.8 Å². The average molecular weight is 274 g/mol. The first kappa shape index (κ1) is 14.5. The van der Waals surface area contributed by atoms with Gasteiger partial charge in [-0.2, -0.15) is 0 Å². The Hall–Kier alpha value is -0.540. The third-order valence-electron chi connectivity index (χ3n) is 2.73. The fourth-order valence-electron chi connectivity index (χ4n) is 1.79. The molecule has 0 aromatic carbocycles. The Kier molecular flexibility index (Phi) is 6.60. The molecule has 0 aliphatic heterocycles. The molecule has 1 N–H and O–H groups in total. The van der Waals surface area contributed by atoms with Gasteiger partial charge in [-0.1, -0.05) is 13.3 Å². The van der Waals surface area contributed by atoms with Gasteiger partial charge >= 0.3 is 0 Å². The van der Waals surface area contributed by atoms with E-state index in [1.54, 1.807) is 0 Å². The summed E-state index contributed by atoms with van der Waals surface area (Å²) in [4.78, 5) is 13.8. The molecule has 17 heavy (non-hydrogen) atoms. The number of hydrogen-bond acceptors (Lipinski definition) is 2. The molecule has 0 radical (unpaired) electrons. The number of thiophene rings is 1. The maximum atomic E-state index is 11.8. The van der Waals surface area contributed by atoms with E-state index in [0.717, 1.165) is 30.7 Å². The molecule has 1 aromatic rings. The van der Waals surface area contributed by atoms with Crippen molar-refractivity contribution in [3.63, 3.8) is 0 Å². The summed E-state index contributed by atoms with van der Waals surface area (Å²) >= 11 is 7.29. The average Bonchev–Trinajstić information content (AvgIpc) is 2.73. The molecule has 0 aliphatic carbocycles. The molecule has 4 heteroatoms. The lowest BCUT2D eigenvalue weighted by Gasteiger charge is -2.15. The van der Waals surface area contributed by atoms with E-state index in [1.165, 1.54) is 16.2 Å². The molecule has 0 saturated carbocycles. The highest BCUT2D eigenvalue weighted by atomic mass is 35.5. The van der Waals surface area contributed by atoms with Gasteiger partial charge < -0.3 is 5.32 Å². The minimum absolute atomic E-state index is 0.0405. The SMILES string of the molecule is CCCC(CCCl)CNC(=O)c1ccc(C)s1. The molecule has 0 fully saturated rings. The molecular weight excluding hydrogens is 254 g/mol. The van der Waals surface area contributed by atoms with Gasteiger partial charge in [-0.15, -0.1) is 22.9 Å². The Bertz CT molecular complexity index is 345. The van der Waals surface area contributed by atoms with Crippen LogP contribution in [-0.4, -0.2) is 18.3 Å². The van der Waals surface area contributed by atoms with Crippen molar-refractivity contribution in [1.82, 2.24) is 5.32 Å². The van der Waals surface area contributed by atoms with Crippen LogP contribution in [0.15, 0.2) is 12.1 Å². The number of amides is 1. The normalized spacial score (nSPS) is 12.4. The molecular formula is C13H20ClNOS. The van der Waals surface area contributed by atoms with E-state index >= 15 is 0 Å². The van der Waals surface area contributed by atoms with Gasteiger partial charge in [0, 0.05) is 17.3 Å². The van der Waals surface area contributed by atoms with Crippen molar-refractivity contribution < 1.29 is 4.79 Å². The van der Waals surface area contributed by atoms with Crippen molar-refractivity contribution in [1.29, 1.82) is 0 Å². The Morgan fingerprint density at radius 1 is 1.47 bits per heavy atom. The predicted octanol–water partition coefficient (Wildman–Crippen LogP) is 3.83. The summed E-state index contributed by atoms with van der Waals surface area (Å²) in [5.74, 6) is 1.21. The number of hydrogen-bond donors (Lipinski definition) is 1. The van der Waals surface area contributed by atoms with Crippen LogP contribution in [0.1, 0.15) is 40.7 Å². The van der Waals surface area contributed by atoms with Crippen LogP contribution in [0, 0.1) is 12.8 Å². The molecule has 1 rings (SSSR count). The van der Waals surface area contributed by atoms with Gasteiger partial charge in [0.15, 0.2) is 0 Å². The highest BCUT2D eigenvalue weighted by molar-refractivity contribution is 7.13. The smallest absolute Gasteiger partial charge is 0.261 e. The second-order valence-electron chi connectivity index (χ2n) is 4.25. The van der Waals surface area contributed by atoms with Crippen molar-refractivity contribution in [3.8, 4) is 0 Å². The van der Waals surface area contributed by atoms with Gasteiger partial charge in [0.2, 0.25) is 0 Å². The van der Waals surface area contributed by atoms with Crippen molar-refractivity contribution in [2.24, 2.45) is 5.92 Å². The van der Waals surface area contributed by atoms with Crippen LogP contribution in [0.3, 0.4) is 0 Å². The Balaban J connectivity index is 2.40. The second kappa shape index (κ2) is 7.72. The Morgan fingerprint density at radius 2 is 2.24 bits per heavy atom. The lowest BCUT2D eigenvalue weighted by Crippen LogP contribution is -2.29. The molecule has 0 bridgehead atoms. The summed E-state index contributed by atoms with van der Waals surface area (Å²) in [6.07, 6.45) is 3.23. The van der Waals surface area contributed by atoms with Gasteiger partial charge in [0.25, 0.3) is 5.91 Å². The number of carbonyl (C=O) groups is 1. The quantitative estimate of drug-likeness (QED) is 0.752. The molecule has 1 unspecified atom stereocenters. The monoisotopic (exact) mass is 273 g/mol. The Morgan fingerprint density at radius 3 is 2.76 bits per heavy atom. The highest BCUT2D eigenvalue weighted by Crippen LogP contribution is 2.15. The third kappa shape index (κ3) is 5.09. The third-order valence-corrected chi connectivity index (χ3v) is 3.95. The Labute approximate surface area is 112 Å². The van der Waals surface area contributed by atoms with Crippen molar-refractivity contribution in [2.45, 2.75) is 33.1 Å². The van der Waals surface area contributed by atoms with Crippen LogP contribution in [0.2, 0.25) is 0 Å². The van der Waals surface area contributed by atoms with Crippen LogP contribution in [-0.2, 0) is 0 Å². The zero-order valence-electron chi connectivity index (χ0n) is 10.5. The fraction of sp³-hybridized carbons (Fsp3) is 0.615. The van der Waals surface area contributed by atoms with Gasteiger partial charge in [-0.05, 0) is 37.8 Å². The molecule has 0 spiro atoms. The number of alkyl halides is 1. The first-order valence-electron chi connectivity index (χ1n) is 6.08. The number of carbonyl (C=O) groups excluding carboxylic acids is 1. The van der Waals surface area contributed by atoms with Crippen molar-refractivity contribution in [2.75, 3.05) is 12.4 Å². The number of nitrogens with one attached hydrogen (secondary N) is 1. The molecule has 1 heterocycles. The van der Waals surface area contributed by atoms with E-state index in [9.17, 15) is 4.79 Å². The second-order valence-corrected chi connectivity index (χ2v) is 5.92. The standard InChI is InChI=1S/C13H20ClNOS/c1-3-4-11(7-8-14)9-15-13(16)12-6-5-10(2)17-12/h5-6,11H,3-4,7-9H2,1-2H3,(H,15,16). The van der Waals surface area contributed by atoms with Gasteiger partial charge in [0.1, 0.15) is 0 Å². The predicted molar refractivity (Wildman–Crippen MR) is 75.1 cm³/mol. The minimum atomic E-state index is 0.0405. The molecule has 0 aliphatic rings. The largest absolute Gasteiger partial charge is 0.351 e. The van der Waals surface area contributed by atoms with E-state index in [0.29, 0.717) is 11.8 Å². The van der Waals surface area contributed by atoms with E-state index in [-0.39, 0.29) is 5.91 Å². The molecule has 2 nitrogen and oxygen atoms in total. The van der Waals surface area contributed by atoms with E-state index < -0.39 is 0 Å². The topological polar surface area (TPSA) is 29.1 Å². The van der Waals surface area contributed by atoms with Crippen LogP contribution >= 0.6 is 22.9 Å². The van der Waals surface area contributed by atoms with Gasteiger partial charge in [-0.3, -0.25) is 4.79 Å². The minimum Gasteiger partial charge on any atom is -0.351 e. The molecule has 1 aromatic heterocycles. The first-order valence-corrected chi connectivity index (χ1v) is 7.43. The summed E-state index contributed by atoms with van der Waals surface area (Å²) < 4.78 is 0. The van der Waals surface area contributed by atoms with Gasteiger partial charge in [-0.25, -0.2) is 0 Å². The molecule has 1 amide bonds. The first-order chi connectivity index (χ1) is 8.17. The summed E-state index contributed by atoms with van der Waals surface area (Å²) in [5, 5.41) is 2.99. The fourth-order valence-corrected chi connectivity index (χ4v) is 2.88.